The smallest absolute Gasteiger partial charge is 0.252 e. The first-order valence-corrected chi connectivity index (χ1v) is 5.39. The summed E-state index contributed by atoms with van der Waals surface area (Å²) in [6, 6.07) is 5.76. The van der Waals surface area contributed by atoms with Crippen LogP contribution in [-0.4, -0.2) is 23.5 Å². The van der Waals surface area contributed by atoms with Gasteiger partial charge < -0.3 is 16.0 Å². The Balaban J connectivity index is 0.00000108. The van der Waals surface area contributed by atoms with Gasteiger partial charge in [0.15, 0.2) is 0 Å². The second kappa shape index (κ2) is 4.39. The number of nitrogens with two attached hydrogens (primary N) is 1. The van der Waals surface area contributed by atoms with E-state index < -0.39 is 0 Å². The standard InChI is InChI=1S/C12H13N3O.ClH/c13-5-8-4-7-6-14-10-3-1-2-9(11(7)10)12(16)15-8;/h1-3,6,8,14H,4-5,13H2,(H,15,16);1H. The Kier molecular flexibility index (Phi) is 3.09. The fraction of sp³-hybridized carbons (Fsp3) is 0.250. The van der Waals surface area contributed by atoms with Crippen LogP contribution in [-0.2, 0) is 6.42 Å². The van der Waals surface area contributed by atoms with Crippen molar-refractivity contribution in [3.63, 3.8) is 0 Å². The van der Waals surface area contributed by atoms with Gasteiger partial charge in [-0.25, -0.2) is 0 Å². The van der Waals surface area contributed by atoms with Crippen molar-refractivity contribution in [2.45, 2.75) is 12.5 Å². The molecule has 1 unspecified atom stereocenters. The van der Waals surface area contributed by atoms with E-state index in [1.54, 1.807) is 0 Å². The van der Waals surface area contributed by atoms with E-state index in [0.717, 1.165) is 22.9 Å². The molecule has 2 aromatic rings. The van der Waals surface area contributed by atoms with Crippen LogP contribution in [0.1, 0.15) is 15.9 Å². The molecule has 1 aromatic carbocycles. The SMILES string of the molecule is Cl.NCC1Cc2c[nH]c3cccc(c23)C(=O)N1. The molecule has 4 nitrogen and oxygen atoms in total. The lowest BCUT2D eigenvalue weighted by Gasteiger charge is -2.12. The van der Waals surface area contributed by atoms with E-state index in [1.807, 2.05) is 24.4 Å². The van der Waals surface area contributed by atoms with Crippen LogP contribution in [0.2, 0.25) is 0 Å². The van der Waals surface area contributed by atoms with Gasteiger partial charge in [-0.3, -0.25) is 4.79 Å². The van der Waals surface area contributed by atoms with Crippen molar-refractivity contribution in [1.82, 2.24) is 10.3 Å². The van der Waals surface area contributed by atoms with Crippen LogP contribution in [0, 0.1) is 0 Å². The van der Waals surface area contributed by atoms with Crippen LogP contribution in [0.15, 0.2) is 24.4 Å². The van der Waals surface area contributed by atoms with E-state index in [9.17, 15) is 4.79 Å². The van der Waals surface area contributed by atoms with E-state index >= 15 is 0 Å². The molecule has 1 aromatic heterocycles. The number of aromatic nitrogens is 1. The predicted octanol–water partition coefficient (Wildman–Crippen LogP) is 1.20. The molecule has 90 valence electrons. The highest BCUT2D eigenvalue weighted by Crippen LogP contribution is 2.25. The van der Waals surface area contributed by atoms with Crippen LogP contribution >= 0.6 is 12.4 Å². The van der Waals surface area contributed by atoms with Crippen molar-refractivity contribution in [3.8, 4) is 0 Å². The summed E-state index contributed by atoms with van der Waals surface area (Å²) in [5, 5.41) is 3.98. The minimum atomic E-state index is -0.0283. The average Bonchev–Trinajstić information content (AvgIpc) is 2.64. The molecule has 0 fully saturated rings. The van der Waals surface area contributed by atoms with Gasteiger partial charge in [-0.1, -0.05) is 6.07 Å². The third-order valence-electron chi connectivity index (χ3n) is 3.12. The maximum absolute atomic E-state index is 12.0. The summed E-state index contributed by atoms with van der Waals surface area (Å²) < 4.78 is 0. The summed E-state index contributed by atoms with van der Waals surface area (Å²) in [4.78, 5) is 15.2. The van der Waals surface area contributed by atoms with Crippen LogP contribution in [0.4, 0.5) is 0 Å². The first kappa shape index (κ1) is 12.0. The number of halogens is 1. The Hall–Kier alpha value is -1.52. The van der Waals surface area contributed by atoms with Crippen molar-refractivity contribution in [3.05, 3.63) is 35.5 Å². The van der Waals surface area contributed by atoms with E-state index in [4.69, 9.17) is 5.73 Å². The molecule has 2 heterocycles. The normalized spacial score (nSPS) is 18.4. The Morgan fingerprint density at radius 3 is 3.00 bits per heavy atom. The summed E-state index contributed by atoms with van der Waals surface area (Å²) in [6.45, 7) is 0.465. The zero-order valence-electron chi connectivity index (χ0n) is 9.19. The zero-order valence-corrected chi connectivity index (χ0v) is 10.0. The minimum absolute atomic E-state index is 0. The quantitative estimate of drug-likeness (QED) is 0.713. The van der Waals surface area contributed by atoms with Crippen molar-refractivity contribution in [2.75, 3.05) is 6.54 Å². The third kappa shape index (κ3) is 1.79. The number of hydrogen-bond donors (Lipinski definition) is 3. The molecular formula is C12H14ClN3O. The van der Waals surface area contributed by atoms with E-state index in [2.05, 4.69) is 10.3 Å². The van der Waals surface area contributed by atoms with Crippen LogP contribution in [0.25, 0.3) is 10.9 Å². The molecule has 1 aliphatic rings. The summed E-state index contributed by atoms with van der Waals surface area (Å²) in [6.07, 6.45) is 2.76. The molecule has 17 heavy (non-hydrogen) atoms. The third-order valence-corrected chi connectivity index (χ3v) is 3.12. The number of rotatable bonds is 1. The van der Waals surface area contributed by atoms with Crippen molar-refractivity contribution >= 4 is 29.2 Å². The molecule has 0 bridgehead atoms. The summed E-state index contributed by atoms with van der Waals surface area (Å²) in [7, 11) is 0. The predicted molar refractivity (Wildman–Crippen MR) is 69.6 cm³/mol. The monoisotopic (exact) mass is 251 g/mol. The summed E-state index contributed by atoms with van der Waals surface area (Å²) >= 11 is 0. The topological polar surface area (TPSA) is 70.9 Å². The number of hydrogen-bond acceptors (Lipinski definition) is 2. The lowest BCUT2D eigenvalue weighted by Crippen LogP contribution is -2.40. The Bertz CT molecular complexity index is 564. The average molecular weight is 252 g/mol. The van der Waals surface area contributed by atoms with Crippen molar-refractivity contribution in [2.24, 2.45) is 5.73 Å². The maximum Gasteiger partial charge on any atom is 0.252 e. The van der Waals surface area contributed by atoms with E-state index in [-0.39, 0.29) is 24.4 Å². The van der Waals surface area contributed by atoms with Gasteiger partial charge in [-0.05, 0) is 24.1 Å². The van der Waals surface area contributed by atoms with Gasteiger partial charge in [-0.2, -0.15) is 0 Å². The largest absolute Gasteiger partial charge is 0.361 e. The number of H-pyrrole nitrogens is 1. The van der Waals surface area contributed by atoms with Gasteiger partial charge >= 0.3 is 0 Å². The Morgan fingerprint density at radius 2 is 2.24 bits per heavy atom. The molecule has 0 saturated carbocycles. The molecule has 0 radical (unpaired) electrons. The highest BCUT2D eigenvalue weighted by Gasteiger charge is 2.22. The van der Waals surface area contributed by atoms with Gasteiger partial charge in [0.1, 0.15) is 0 Å². The van der Waals surface area contributed by atoms with Crippen LogP contribution in [0.5, 0.6) is 0 Å². The van der Waals surface area contributed by atoms with Gasteiger partial charge in [0, 0.05) is 35.2 Å². The summed E-state index contributed by atoms with van der Waals surface area (Å²) in [5.41, 5.74) is 8.56. The molecule has 0 saturated heterocycles. The molecule has 5 heteroatoms. The molecular weight excluding hydrogens is 238 g/mol. The summed E-state index contributed by atoms with van der Waals surface area (Å²) in [5.74, 6) is -0.0283. The lowest BCUT2D eigenvalue weighted by molar-refractivity contribution is 0.0942. The number of amides is 1. The number of nitrogens with one attached hydrogen (secondary N) is 2. The first-order chi connectivity index (χ1) is 7.79. The molecule has 1 amide bonds. The fourth-order valence-electron chi connectivity index (χ4n) is 2.33. The van der Waals surface area contributed by atoms with Gasteiger partial charge in [0.2, 0.25) is 0 Å². The molecule has 0 spiro atoms. The number of aromatic amines is 1. The van der Waals surface area contributed by atoms with E-state index in [1.165, 1.54) is 5.56 Å². The van der Waals surface area contributed by atoms with Crippen LogP contribution in [0.3, 0.4) is 0 Å². The number of benzene rings is 1. The molecule has 4 N–H and O–H groups in total. The van der Waals surface area contributed by atoms with Gasteiger partial charge in [0.05, 0.1) is 0 Å². The zero-order chi connectivity index (χ0) is 11.1. The second-order valence-corrected chi connectivity index (χ2v) is 4.15. The van der Waals surface area contributed by atoms with Gasteiger partial charge in [-0.15, -0.1) is 12.4 Å². The minimum Gasteiger partial charge on any atom is -0.361 e. The molecule has 3 rings (SSSR count). The first-order valence-electron chi connectivity index (χ1n) is 5.39. The molecule has 0 aliphatic carbocycles. The van der Waals surface area contributed by atoms with E-state index in [0.29, 0.717) is 6.54 Å². The Morgan fingerprint density at radius 1 is 1.41 bits per heavy atom. The molecule has 1 aliphatic heterocycles. The highest BCUT2D eigenvalue weighted by molar-refractivity contribution is 6.08. The van der Waals surface area contributed by atoms with Gasteiger partial charge in [0.25, 0.3) is 5.91 Å². The molecule has 1 atom stereocenters. The number of carbonyl (C=O) groups excluding carboxylic acids is 1. The van der Waals surface area contributed by atoms with Crippen molar-refractivity contribution in [1.29, 1.82) is 0 Å². The number of carbonyl (C=O) groups is 1. The maximum atomic E-state index is 12.0. The second-order valence-electron chi connectivity index (χ2n) is 4.15. The Labute approximate surface area is 105 Å². The fourth-order valence-corrected chi connectivity index (χ4v) is 2.33. The van der Waals surface area contributed by atoms with Crippen LogP contribution < -0.4 is 11.1 Å². The van der Waals surface area contributed by atoms with Crippen molar-refractivity contribution < 1.29 is 4.79 Å². The highest BCUT2D eigenvalue weighted by atomic mass is 35.5. The lowest BCUT2D eigenvalue weighted by atomic mass is 10.0.